The van der Waals surface area contributed by atoms with E-state index in [1.165, 1.54) is 153 Å². The molecule has 0 aliphatic carbocycles. The van der Waals surface area contributed by atoms with Crippen LogP contribution in [0.4, 0.5) is 0 Å². The van der Waals surface area contributed by atoms with E-state index in [9.17, 15) is 0 Å². The van der Waals surface area contributed by atoms with E-state index >= 15 is 0 Å². The lowest BCUT2D eigenvalue weighted by Crippen LogP contribution is -2.19. The van der Waals surface area contributed by atoms with Gasteiger partial charge in [-0.05, 0) is 50.2 Å². The standard InChI is InChI=1S/C40H72O4/c1-3-5-7-9-17-22-29-35-43-40(44-36-30-23-18-10-8-6-4-2)33-27-20-16-14-12-11-13-15-19-21-28-34-41-38-42-37-39-31-25-24-26-32-39/h24-26,28,31-32,34,40H,3-23,27,29-30,33,35-38H2,1-2H3. The zero-order valence-electron chi connectivity index (χ0n) is 29.3. The monoisotopic (exact) mass is 617 g/mol. The molecule has 4 heteroatoms. The molecule has 0 heterocycles. The van der Waals surface area contributed by atoms with Crippen LogP contribution >= 0.6 is 0 Å². The third-order valence-electron chi connectivity index (χ3n) is 8.37. The fourth-order valence-electron chi connectivity index (χ4n) is 5.53. The molecule has 0 saturated carbocycles. The Hall–Kier alpha value is -1.36. The summed E-state index contributed by atoms with van der Waals surface area (Å²) in [5.41, 5.74) is 1.17. The lowest BCUT2D eigenvalue weighted by atomic mass is 10.1. The van der Waals surface area contributed by atoms with Crippen LogP contribution in [-0.4, -0.2) is 26.3 Å². The summed E-state index contributed by atoms with van der Waals surface area (Å²) in [5, 5.41) is 0. The first-order valence-corrected chi connectivity index (χ1v) is 19.0. The highest BCUT2D eigenvalue weighted by Crippen LogP contribution is 2.16. The van der Waals surface area contributed by atoms with Crippen LogP contribution in [0.3, 0.4) is 0 Å². The van der Waals surface area contributed by atoms with Gasteiger partial charge in [0.1, 0.15) is 0 Å². The zero-order chi connectivity index (χ0) is 31.4. The van der Waals surface area contributed by atoms with Crippen LogP contribution < -0.4 is 0 Å². The fourth-order valence-corrected chi connectivity index (χ4v) is 5.53. The number of rotatable bonds is 35. The van der Waals surface area contributed by atoms with Crippen molar-refractivity contribution in [1.82, 2.24) is 0 Å². The molecule has 1 aromatic rings. The van der Waals surface area contributed by atoms with E-state index in [0.717, 1.165) is 26.1 Å². The summed E-state index contributed by atoms with van der Waals surface area (Å²) in [6.07, 6.45) is 36.5. The minimum absolute atomic E-state index is 0.0106. The van der Waals surface area contributed by atoms with E-state index in [-0.39, 0.29) is 6.29 Å². The minimum Gasteiger partial charge on any atom is -0.475 e. The van der Waals surface area contributed by atoms with Crippen LogP contribution in [0.25, 0.3) is 0 Å². The molecule has 0 radical (unpaired) electrons. The van der Waals surface area contributed by atoms with Gasteiger partial charge in [-0.25, -0.2) is 0 Å². The quantitative estimate of drug-likeness (QED) is 0.0432. The van der Waals surface area contributed by atoms with Crippen LogP contribution in [0.5, 0.6) is 0 Å². The first-order valence-electron chi connectivity index (χ1n) is 19.0. The molecule has 0 saturated heterocycles. The van der Waals surface area contributed by atoms with Gasteiger partial charge in [-0.2, -0.15) is 0 Å². The summed E-state index contributed by atoms with van der Waals surface area (Å²) < 4.78 is 23.4. The highest BCUT2D eigenvalue weighted by molar-refractivity contribution is 5.13. The Morgan fingerprint density at radius 2 is 1.02 bits per heavy atom. The SMILES string of the molecule is CCCCCCCCCOC(CCCCCCCCCCCC=COCOCc1ccccc1)OCCCCCCCCC. The first kappa shape index (κ1) is 40.7. The maximum absolute atomic E-state index is 6.23. The Bertz CT molecular complexity index is 672. The molecule has 0 aliphatic heterocycles. The van der Waals surface area contributed by atoms with Crippen molar-refractivity contribution in [3.8, 4) is 0 Å². The van der Waals surface area contributed by atoms with Gasteiger partial charge < -0.3 is 18.9 Å². The van der Waals surface area contributed by atoms with Gasteiger partial charge >= 0.3 is 0 Å². The topological polar surface area (TPSA) is 36.9 Å². The van der Waals surface area contributed by atoms with Gasteiger partial charge in [-0.1, -0.05) is 166 Å². The average Bonchev–Trinajstić information content (AvgIpc) is 3.05. The van der Waals surface area contributed by atoms with Gasteiger partial charge in [0.15, 0.2) is 13.1 Å². The molecular weight excluding hydrogens is 544 g/mol. The number of ether oxygens (including phenoxy) is 4. The molecule has 0 atom stereocenters. The van der Waals surface area contributed by atoms with Crippen molar-refractivity contribution in [2.24, 2.45) is 0 Å². The Balaban J connectivity index is 1.98. The molecule has 1 rings (SSSR count). The van der Waals surface area contributed by atoms with E-state index in [2.05, 4.69) is 32.1 Å². The predicted octanol–water partition coefficient (Wildman–Crippen LogP) is 12.8. The summed E-state index contributed by atoms with van der Waals surface area (Å²) in [5.74, 6) is 0. The average molecular weight is 617 g/mol. The Labute approximate surface area is 274 Å². The highest BCUT2D eigenvalue weighted by Gasteiger charge is 2.09. The summed E-state index contributed by atoms with van der Waals surface area (Å²) in [6.45, 7) is 7.20. The minimum atomic E-state index is 0.0106. The van der Waals surface area contributed by atoms with E-state index in [0.29, 0.717) is 13.4 Å². The smallest absolute Gasteiger partial charge is 0.188 e. The predicted molar refractivity (Wildman–Crippen MR) is 189 cm³/mol. The third kappa shape index (κ3) is 29.4. The van der Waals surface area contributed by atoms with Crippen molar-refractivity contribution in [3.63, 3.8) is 0 Å². The molecule has 256 valence electrons. The highest BCUT2D eigenvalue weighted by atomic mass is 16.7. The number of unbranched alkanes of at least 4 members (excludes halogenated alkanes) is 21. The maximum atomic E-state index is 6.23. The number of hydrogen-bond acceptors (Lipinski definition) is 4. The molecule has 0 bridgehead atoms. The maximum Gasteiger partial charge on any atom is 0.188 e. The molecule has 0 unspecified atom stereocenters. The van der Waals surface area contributed by atoms with Crippen molar-refractivity contribution >= 4 is 0 Å². The van der Waals surface area contributed by atoms with Gasteiger partial charge in [-0.3, -0.25) is 0 Å². The second-order valence-corrected chi connectivity index (χ2v) is 12.7. The van der Waals surface area contributed by atoms with Crippen molar-refractivity contribution in [2.75, 3.05) is 20.0 Å². The molecule has 4 nitrogen and oxygen atoms in total. The van der Waals surface area contributed by atoms with Crippen LogP contribution in [0.15, 0.2) is 42.7 Å². The van der Waals surface area contributed by atoms with Crippen LogP contribution in [0.1, 0.15) is 180 Å². The Kier molecular flexibility index (Phi) is 31.9. The largest absolute Gasteiger partial charge is 0.475 e. The van der Waals surface area contributed by atoms with Gasteiger partial charge in [-0.15, -0.1) is 0 Å². The Morgan fingerprint density at radius 1 is 0.545 bits per heavy atom. The second-order valence-electron chi connectivity index (χ2n) is 12.7. The summed E-state index contributed by atoms with van der Waals surface area (Å²) in [7, 11) is 0. The van der Waals surface area contributed by atoms with E-state index in [1.54, 1.807) is 6.26 Å². The zero-order valence-corrected chi connectivity index (χ0v) is 29.3. The van der Waals surface area contributed by atoms with Crippen molar-refractivity contribution in [2.45, 2.75) is 187 Å². The van der Waals surface area contributed by atoms with Gasteiger partial charge in [0.05, 0.1) is 12.9 Å². The van der Waals surface area contributed by atoms with Crippen molar-refractivity contribution in [1.29, 1.82) is 0 Å². The number of benzene rings is 1. The van der Waals surface area contributed by atoms with E-state index < -0.39 is 0 Å². The molecular formula is C40H72O4. The lowest BCUT2D eigenvalue weighted by Gasteiger charge is -2.19. The van der Waals surface area contributed by atoms with E-state index in [4.69, 9.17) is 18.9 Å². The molecule has 0 aliphatic rings. The molecule has 0 amide bonds. The van der Waals surface area contributed by atoms with Crippen LogP contribution in [-0.2, 0) is 25.6 Å². The third-order valence-corrected chi connectivity index (χ3v) is 8.37. The summed E-state index contributed by atoms with van der Waals surface area (Å²) in [4.78, 5) is 0. The first-order chi connectivity index (χ1) is 21.9. The van der Waals surface area contributed by atoms with Gasteiger partial charge in [0.2, 0.25) is 0 Å². The molecule has 44 heavy (non-hydrogen) atoms. The molecule has 0 spiro atoms. The Morgan fingerprint density at radius 3 is 1.57 bits per heavy atom. The van der Waals surface area contributed by atoms with Crippen molar-refractivity contribution in [3.05, 3.63) is 48.2 Å². The van der Waals surface area contributed by atoms with E-state index in [1.807, 2.05) is 18.2 Å². The van der Waals surface area contributed by atoms with Gasteiger partial charge in [0, 0.05) is 13.2 Å². The number of hydrogen-bond donors (Lipinski definition) is 0. The molecule has 0 aromatic heterocycles. The van der Waals surface area contributed by atoms with Crippen molar-refractivity contribution < 1.29 is 18.9 Å². The lowest BCUT2D eigenvalue weighted by molar-refractivity contribution is -0.148. The fraction of sp³-hybridized carbons (Fsp3) is 0.800. The summed E-state index contributed by atoms with van der Waals surface area (Å²) >= 11 is 0. The molecule has 1 aromatic carbocycles. The molecule has 0 fully saturated rings. The normalized spacial score (nSPS) is 11.7. The number of allylic oxidation sites excluding steroid dienone is 1. The van der Waals surface area contributed by atoms with Crippen LogP contribution in [0, 0.1) is 0 Å². The van der Waals surface area contributed by atoms with Gasteiger partial charge in [0.25, 0.3) is 0 Å². The molecule has 0 N–H and O–H groups in total. The second kappa shape index (κ2) is 34.5. The van der Waals surface area contributed by atoms with Crippen LogP contribution in [0.2, 0.25) is 0 Å². The summed E-state index contributed by atoms with van der Waals surface area (Å²) in [6, 6.07) is 10.2.